The maximum absolute atomic E-state index is 10.4. The van der Waals surface area contributed by atoms with E-state index in [1.54, 1.807) is 7.11 Å². The van der Waals surface area contributed by atoms with Gasteiger partial charge in [0.1, 0.15) is 30.8 Å². The summed E-state index contributed by atoms with van der Waals surface area (Å²) in [5.41, 5.74) is 2.33. The van der Waals surface area contributed by atoms with Gasteiger partial charge < -0.3 is 24.4 Å². The minimum atomic E-state index is -0.473. The molecular weight excluding hydrogens is 352 g/mol. The molecule has 1 aliphatic rings. The highest BCUT2D eigenvalue weighted by Gasteiger charge is 2.23. The number of hydrogen-bond donors (Lipinski definition) is 2. The Hall–Kier alpha value is -2.50. The van der Waals surface area contributed by atoms with Gasteiger partial charge >= 0.3 is 0 Å². The lowest BCUT2D eigenvalue weighted by molar-refractivity contribution is -0.903. The van der Waals surface area contributed by atoms with E-state index in [-0.39, 0.29) is 0 Å². The summed E-state index contributed by atoms with van der Waals surface area (Å²) in [5.74, 6) is 1.71. The highest BCUT2D eigenvalue weighted by atomic mass is 16.5. The molecule has 2 aromatic carbocycles. The molecule has 0 spiro atoms. The predicted molar refractivity (Wildman–Crippen MR) is 113 cm³/mol. The fourth-order valence-electron chi connectivity index (χ4n) is 3.63. The average Bonchev–Trinajstić information content (AvgIpc) is 2.74. The summed E-state index contributed by atoms with van der Waals surface area (Å²) < 4.78 is 11.1. The Morgan fingerprint density at radius 3 is 2.54 bits per heavy atom. The summed E-state index contributed by atoms with van der Waals surface area (Å²) in [6, 6.07) is 16.1. The Morgan fingerprint density at radius 2 is 1.86 bits per heavy atom. The molecule has 0 unspecified atom stereocenters. The first-order valence-corrected chi connectivity index (χ1v) is 9.92. The van der Waals surface area contributed by atoms with Gasteiger partial charge in [-0.25, -0.2) is 0 Å². The summed E-state index contributed by atoms with van der Waals surface area (Å²) in [6.45, 7) is 8.80. The van der Waals surface area contributed by atoms with Crippen LogP contribution in [0.4, 0.5) is 5.69 Å². The first-order chi connectivity index (χ1) is 13.7. The van der Waals surface area contributed by atoms with E-state index >= 15 is 0 Å². The second kappa shape index (κ2) is 10.2. The molecule has 2 N–H and O–H groups in total. The number of nitrogens with zero attached hydrogens (tertiary/aromatic N) is 1. The van der Waals surface area contributed by atoms with Crippen LogP contribution in [-0.2, 0) is 6.42 Å². The van der Waals surface area contributed by atoms with Crippen molar-refractivity contribution in [3.8, 4) is 11.5 Å². The smallest absolute Gasteiger partial charge is 0.137 e. The van der Waals surface area contributed by atoms with Gasteiger partial charge in [-0.1, -0.05) is 24.3 Å². The van der Waals surface area contributed by atoms with Crippen LogP contribution in [-0.4, -0.2) is 57.7 Å². The van der Waals surface area contributed by atoms with E-state index in [9.17, 15) is 5.11 Å². The minimum Gasteiger partial charge on any atom is -0.497 e. The van der Waals surface area contributed by atoms with Gasteiger partial charge in [-0.15, -0.1) is 6.58 Å². The van der Waals surface area contributed by atoms with E-state index in [1.807, 2.05) is 42.5 Å². The number of para-hydroxylation sites is 1. The van der Waals surface area contributed by atoms with Crippen LogP contribution in [0.2, 0.25) is 0 Å². The van der Waals surface area contributed by atoms with Crippen molar-refractivity contribution in [2.45, 2.75) is 12.5 Å². The number of benzene rings is 2. The van der Waals surface area contributed by atoms with Crippen LogP contribution in [0.15, 0.2) is 61.2 Å². The Balaban J connectivity index is 1.43. The van der Waals surface area contributed by atoms with Gasteiger partial charge in [-0.05, 0) is 42.3 Å². The van der Waals surface area contributed by atoms with Crippen molar-refractivity contribution < 1.29 is 19.5 Å². The van der Waals surface area contributed by atoms with Crippen molar-refractivity contribution in [3.63, 3.8) is 0 Å². The van der Waals surface area contributed by atoms with Crippen molar-refractivity contribution in [2.24, 2.45) is 0 Å². The van der Waals surface area contributed by atoms with Crippen LogP contribution in [0.1, 0.15) is 5.56 Å². The van der Waals surface area contributed by atoms with Crippen LogP contribution in [0.5, 0.6) is 11.5 Å². The van der Waals surface area contributed by atoms with E-state index in [0.717, 1.165) is 49.7 Å². The van der Waals surface area contributed by atoms with E-state index in [1.165, 1.54) is 10.6 Å². The Morgan fingerprint density at radius 1 is 1.14 bits per heavy atom. The van der Waals surface area contributed by atoms with E-state index < -0.39 is 6.10 Å². The summed E-state index contributed by atoms with van der Waals surface area (Å²) >= 11 is 0. The number of allylic oxidation sites excluding steroid dienone is 1. The van der Waals surface area contributed by atoms with Crippen LogP contribution < -0.4 is 19.3 Å². The van der Waals surface area contributed by atoms with Crippen LogP contribution in [0, 0.1) is 0 Å². The van der Waals surface area contributed by atoms with Crippen molar-refractivity contribution in [1.82, 2.24) is 0 Å². The van der Waals surface area contributed by atoms with Gasteiger partial charge in [0.05, 0.1) is 33.3 Å². The Kier molecular flexibility index (Phi) is 7.34. The van der Waals surface area contributed by atoms with Crippen molar-refractivity contribution in [2.75, 3.05) is 51.3 Å². The molecule has 0 amide bonds. The maximum Gasteiger partial charge on any atom is 0.137 e. The molecule has 28 heavy (non-hydrogen) atoms. The van der Waals surface area contributed by atoms with Crippen molar-refractivity contribution in [1.29, 1.82) is 0 Å². The molecule has 5 heteroatoms. The lowest BCUT2D eigenvalue weighted by atomic mass is 10.1. The highest BCUT2D eigenvalue weighted by Crippen LogP contribution is 2.20. The number of quaternary nitrogens is 1. The second-order valence-electron chi connectivity index (χ2n) is 7.20. The minimum absolute atomic E-state index is 0.319. The molecule has 1 fully saturated rings. The molecule has 5 nitrogen and oxygen atoms in total. The van der Waals surface area contributed by atoms with Gasteiger partial charge in [0.15, 0.2) is 0 Å². The van der Waals surface area contributed by atoms with E-state index in [4.69, 9.17) is 9.47 Å². The van der Waals surface area contributed by atoms with Crippen LogP contribution in [0.25, 0.3) is 0 Å². The largest absolute Gasteiger partial charge is 0.497 e. The third kappa shape index (κ3) is 5.50. The fraction of sp³-hybridized carbons (Fsp3) is 0.391. The topological polar surface area (TPSA) is 46.4 Å². The lowest BCUT2D eigenvalue weighted by Crippen LogP contribution is -3.16. The molecule has 1 aliphatic heterocycles. The second-order valence-corrected chi connectivity index (χ2v) is 7.20. The molecule has 0 aliphatic carbocycles. The average molecular weight is 384 g/mol. The zero-order valence-electron chi connectivity index (χ0n) is 16.6. The predicted octanol–water partition coefficient (Wildman–Crippen LogP) is 1.57. The molecule has 1 saturated heterocycles. The molecule has 1 heterocycles. The number of methoxy groups -OCH3 is 1. The Labute approximate surface area is 167 Å². The molecular formula is C23H31N2O3+. The van der Waals surface area contributed by atoms with Crippen LogP contribution in [0.3, 0.4) is 0 Å². The monoisotopic (exact) mass is 383 g/mol. The molecule has 2 aromatic rings. The third-order valence-electron chi connectivity index (χ3n) is 5.20. The summed E-state index contributed by atoms with van der Waals surface area (Å²) in [5, 5.41) is 10.4. The number of piperazine rings is 1. The molecule has 0 aromatic heterocycles. The number of rotatable bonds is 9. The molecule has 3 rings (SSSR count). The number of nitrogens with one attached hydrogen (secondary N) is 1. The number of ether oxygens (including phenoxy) is 2. The SMILES string of the molecule is C=CCc1ccccc1OC[C@H](O)C[NH+]1CCN(c2ccc(OC)cc2)CC1. The molecule has 1 atom stereocenters. The zero-order chi connectivity index (χ0) is 19.8. The fourth-order valence-corrected chi connectivity index (χ4v) is 3.63. The number of hydrogen-bond acceptors (Lipinski definition) is 4. The zero-order valence-corrected chi connectivity index (χ0v) is 16.6. The van der Waals surface area contributed by atoms with Gasteiger partial charge in [0, 0.05) is 5.69 Å². The van der Waals surface area contributed by atoms with Crippen molar-refractivity contribution in [3.05, 3.63) is 66.7 Å². The molecule has 0 saturated carbocycles. The van der Waals surface area contributed by atoms with Gasteiger partial charge in [-0.3, -0.25) is 0 Å². The number of anilines is 1. The van der Waals surface area contributed by atoms with Gasteiger partial charge in [0.25, 0.3) is 0 Å². The molecule has 0 bridgehead atoms. The van der Waals surface area contributed by atoms with Gasteiger partial charge in [-0.2, -0.15) is 0 Å². The van der Waals surface area contributed by atoms with E-state index in [0.29, 0.717) is 13.2 Å². The van der Waals surface area contributed by atoms with E-state index in [2.05, 4.69) is 23.6 Å². The summed E-state index contributed by atoms with van der Waals surface area (Å²) in [4.78, 5) is 3.80. The normalized spacial score (nSPS) is 15.9. The molecule has 0 radical (unpaired) electrons. The van der Waals surface area contributed by atoms with Gasteiger partial charge in [0.2, 0.25) is 0 Å². The molecule has 150 valence electrons. The number of aliphatic hydroxyl groups is 1. The highest BCUT2D eigenvalue weighted by molar-refractivity contribution is 5.49. The first kappa shape index (κ1) is 20.2. The lowest BCUT2D eigenvalue weighted by Gasteiger charge is -2.34. The summed E-state index contributed by atoms with van der Waals surface area (Å²) in [6.07, 6.45) is 2.16. The maximum atomic E-state index is 10.4. The summed E-state index contributed by atoms with van der Waals surface area (Å²) in [7, 11) is 1.68. The third-order valence-corrected chi connectivity index (χ3v) is 5.20. The van der Waals surface area contributed by atoms with Crippen molar-refractivity contribution >= 4 is 5.69 Å². The first-order valence-electron chi connectivity index (χ1n) is 9.92. The van der Waals surface area contributed by atoms with Crippen LogP contribution >= 0.6 is 0 Å². The standard InChI is InChI=1S/C23H30N2O3/c1-3-6-19-7-4-5-8-23(19)28-18-21(26)17-24-13-15-25(16-14-24)20-9-11-22(27-2)12-10-20/h3-5,7-12,21,26H,1,6,13-18H2,2H3/p+1/t21-/m1/s1. The number of aliphatic hydroxyl groups excluding tert-OH is 1. The quantitative estimate of drug-likeness (QED) is 0.646. The Bertz CT molecular complexity index is 740.